The molecule has 0 N–H and O–H groups in total. The molecule has 3 heterocycles. The normalized spacial score (nSPS) is 15.0. The van der Waals surface area contributed by atoms with Gasteiger partial charge in [-0.3, -0.25) is 9.20 Å². The number of carbonyl (C=O) groups excluding carboxylic acids is 1. The second-order valence-corrected chi connectivity index (χ2v) is 5.71. The number of anilines is 1. The summed E-state index contributed by atoms with van der Waals surface area (Å²) in [4.78, 5) is 16.4. The first-order valence-corrected chi connectivity index (χ1v) is 7.82. The van der Waals surface area contributed by atoms with Crippen LogP contribution in [0.4, 0.5) is 10.3 Å². The summed E-state index contributed by atoms with van der Waals surface area (Å²) in [5, 5.41) is 8.41. The summed E-state index contributed by atoms with van der Waals surface area (Å²) in [5.74, 6) is 0.385. The van der Waals surface area contributed by atoms with Crippen molar-refractivity contribution in [3.8, 4) is 0 Å². The van der Waals surface area contributed by atoms with Crippen LogP contribution in [0.1, 0.15) is 10.4 Å². The van der Waals surface area contributed by atoms with Crippen molar-refractivity contribution in [1.29, 1.82) is 0 Å². The number of nitrogens with zero attached hydrogens (tertiary/aromatic N) is 5. The molecule has 0 unspecified atom stereocenters. The second-order valence-electron chi connectivity index (χ2n) is 5.71. The van der Waals surface area contributed by atoms with Gasteiger partial charge in [0.1, 0.15) is 5.82 Å². The van der Waals surface area contributed by atoms with E-state index in [9.17, 15) is 9.18 Å². The summed E-state index contributed by atoms with van der Waals surface area (Å²) in [5.41, 5.74) is 1.31. The Labute approximate surface area is 138 Å². The minimum atomic E-state index is -0.338. The van der Waals surface area contributed by atoms with Crippen molar-refractivity contribution in [3.05, 3.63) is 60.0 Å². The predicted molar refractivity (Wildman–Crippen MR) is 87.5 cm³/mol. The first-order valence-electron chi connectivity index (χ1n) is 7.82. The third-order valence-corrected chi connectivity index (χ3v) is 4.24. The summed E-state index contributed by atoms with van der Waals surface area (Å²) in [6.45, 7) is 2.56. The second kappa shape index (κ2) is 5.92. The minimum Gasteiger partial charge on any atom is -0.337 e. The summed E-state index contributed by atoms with van der Waals surface area (Å²) < 4.78 is 14.9. The Kier molecular flexibility index (Phi) is 3.60. The van der Waals surface area contributed by atoms with Crippen LogP contribution >= 0.6 is 0 Å². The fourth-order valence-electron chi connectivity index (χ4n) is 2.93. The van der Waals surface area contributed by atoms with Gasteiger partial charge in [-0.05, 0) is 36.4 Å². The Balaban J connectivity index is 1.47. The first kappa shape index (κ1) is 14.6. The maximum Gasteiger partial charge on any atom is 0.253 e. The van der Waals surface area contributed by atoms with Gasteiger partial charge in [-0.1, -0.05) is 6.07 Å². The average molecular weight is 325 g/mol. The van der Waals surface area contributed by atoms with E-state index >= 15 is 0 Å². The van der Waals surface area contributed by atoms with Crippen molar-refractivity contribution >= 4 is 17.5 Å². The SMILES string of the molecule is O=C(c1ccc(F)cc1)N1CCN(c2nnc3ccccn23)CC1. The van der Waals surface area contributed by atoms with Crippen molar-refractivity contribution < 1.29 is 9.18 Å². The van der Waals surface area contributed by atoms with Gasteiger partial charge >= 0.3 is 0 Å². The van der Waals surface area contributed by atoms with Crippen molar-refractivity contribution in [3.63, 3.8) is 0 Å². The standard InChI is InChI=1S/C17H16FN5O/c18-14-6-4-13(5-7-14)16(24)21-9-11-22(12-10-21)17-20-19-15-3-1-2-8-23(15)17/h1-8H,9-12H2. The van der Waals surface area contributed by atoms with Gasteiger partial charge in [0.25, 0.3) is 5.91 Å². The lowest BCUT2D eigenvalue weighted by molar-refractivity contribution is 0.0746. The monoisotopic (exact) mass is 325 g/mol. The number of aromatic nitrogens is 3. The highest BCUT2D eigenvalue weighted by atomic mass is 19.1. The van der Waals surface area contributed by atoms with Gasteiger partial charge in [-0.2, -0.15) is 0 Å². The molecule has 1 amide bonds. The van der Waals surface area contributed by atoms with E-state index in [1.54, 1.807) is 4.90 Å². The van der Waals surface area contributed by atoms with Gasteiger partial charge in [-0.25, -0.2) is 4.39 Å². The lowest BCUT2D eigenvalue weighted by Crippen LogP contribution is -2.49. The third-order valence-electron chi connectivity index (χ3n) is 4.24. The van der Waals surface area contributed by atoms with Gasteiger partial charge in [0.2, 0.25) is 5.95 Å². The molecule has 0 radical (unpaired) electrons. The molecule has 1 aromatic carbocycles. The maximum absolute atomic E-state index is 13.0. The molecule has 0 aliphatic carbocycles. The number of amides is 1. The fourth-order valence-corrected chi connectivity index (χ4v) is 2.93. The van der Waals surface area contributed by atoms with E-state index in [0.29, 0.717) is 31.7 Å². The van der Waals surface area contributed by atoms with Crippen LogP contribution in [0.3, 0.4) is 0 Å². The molecule has 6 nitrogen and oxygen atoms in total. The van der Waals surface area contributed by atoms with Crippen LogP contribution in [0, 0.1) is 5.82 Å². The molecule has 24 heavy (non-hydrogen) atoms. The highest BCUT2D eigenvalue weighted by molar-refractivity contribution is 5.94. The van der Waals surface area contributed by atoms with Crippen LogP contribution in [0.15, 0.2) is 48.7 Å². The van der Waals surface area contributed by atoms with Crippen LogP contribution < -0.4 is 4.90 Å². The molecule has 0 bridgehead atoms. The van der Waals surface area contributed by atoms with Crippen molar-refractivity contribution in [2.45, 2.75) is 0 Å². The molecular formula is C17H16FN5O. The van der Waals surface area contributed by atoms with Gasteiger partial charge in [0.15, 0.2) is 5.65 Å². The number of halogens is 1. The Bertz CT molecular complexity index is 868. The number of hydrogen-bond acceptors (Lipinski definition) is 4. The molecule has 122 valence electrons. The van der Waals surface area contributed by atoms with E-state index in [1.807, 2.05) is 28.8 Å². The summed E-state index contributed by atoms with van der Waals surface area (Å²) in [6.07, 6.45) is 1.93. The first-order chi connectivity index (χ1) is 11.7. The summed E-state index contributed by atoms with van der Waals surface area (Å²) in [6, 6.07) is 11.4. The Morgan fingerprint density at radius 3 is 2.46 bits per heavy atom. The topological polar surface area (TPSA) is 53.7 Å². The van der Waals surface area contributed by atoms with E-state index in [1.165, 1.54) is 24.3 Å². The van der Waals surface area contributed by atoms with Crippen LogP contribution in [-0.2, 0) is 0 Å². The number of pyridine rings is 1. The zero-order valence-corrected chi connectivity index (χ0v) is 13.0. The van der Waals surface area contributed by atoms with Crippen molar-refractivity contribution in [2.75, 3.05) is 31.1 Å². The highest BCUT2D eigenvalue weighted by Gasteiger charge is 2.24. The maximum atomic E-state index is 13.0. The quantitative estimate of drug-likeness (QED) is 0.721. The molecule has 3 aromatic rings. The molecule has 1 aliphatic rings. The van der Waals surface area contributed by atoms with E-state index in [4.69, 9.17) is 0 Å². The van der Waals surface area contributed by atoms with Gasteiger partial charge < -0.3 is 9.80 Å². The number of carbonyl (C=O) groups is 1. The van der Waals surface area contributed by atoms with E-state index in [2.05, 4.69) is 15.1 Å². The summed E-state index contributed by atoms with van der Waals surface area (Å²) >= 11 is 0. The molecule has 4 rings (SSSR count). The molecule has 0 saturated carbocycles. The van der Waals surface area contributed by atoms with Gasteiger partial charge in [0.05, 0.1) is 0 Å². The number of benzene rings is 1. The number of rotatable bonds is 2. The number of fused-ring (bicyclic) bond motifs is 1. The Morgan fingerprint density at radius 2 is 1.71 bits per heavy atom. The van der Waals surface area contributed by atoms with Crippen LogP contribution in [0.2, 0.25) is 0 Å². The van der Waals surface area contributed by atoms with Crippen molar-refractivity contribution in [2.24, 2.45) is 0 Å². The van der Waals surface area contributed by atoms with Gasteiger partial charge in [-0.15, -0.1) is 10.2 Å². The van der Waals surface area contributed by atoms with E-state index < -0.39 is 0 Å². The van der Waals surface area contributed by atoms with Gasteiger partial charge in [0, 0.05) is 37.9 Å². The largest absolute Gasteiger partial charge is 0.337 e. The molecule has 0 spiro atoms. The highest BCUT2D eigenvalue weighted by Crippen LogP contribution is 2.16. The van der Waals surface area contributed by atoms with Crippen molar-refractivity contribution in [1.82, 2.24) is 19.5 Å². The van der Waals surface area contributed by atoms with Crippen LogP contribution in [-0.4, -0.2) is 51.6 Å². The van der Waals surface area contributed by atoms with Crippen LogP contribution in [0.5, 0.6) is 0 Å². The predicted octanol–water partition coefficient (Wildman–Crippen LogP) is 1.83. The minimum absolute atomic E-state index is 0.0687. The van der Waals surface area contributed by atoms with Crippen LogP contribution in [0.25, 0.3) is 5.65 Å². The molecule has 2 aromatic heterocycles. The average Bonchev–Trinajstić information content (AvgIpc) is 3.06. The Hall–Kier alpha value is -2.96. The lowest BCUT2D eigenvalue weighted by Gasteiger charge is -2.34. The molecule has 0 atom stereocenters. The molecular weight excluding hydrogens is 309 g/mol. The summed E-state index contributed by atoms with van der Waals surface area (Å²) in [7, 11) is 0. The van der Waals surface area contributed by atoms with E-state index in [-0.39, 0.29) is 11.7 Å². The molecule has 7 heteroatoms. The lowest BCUT2D eigenvalue weighted by atomic mass is 10.2. The van der Waals surface area contributed by atoms with E-state index in [0.717, 1.165) is 11.6 Å². The molecule has 1 fully saturated rings. The fraction of sp³-hybridized carbons (Fsp3) is 0.235. The Morgan fingerprint density at radius 1 is 0.958 bits per heavy atom. The zero-order valence-electron chi connectivity index (χ0n) is 13.0. The number of piperazine rings is 1. The molecule has 1 saturated heterocycles. The number of hydrogen-bond donors (Lipinski definition) is 0. The zero-order chi connectivity index (χ0) is 16.5. The smallest absolute Gasteiger partial charge is 0.253 e. The molecule has 1 aliphatic heterocycles. The third kappa shape index (κ3) is 2.58.